The van der Waals surface area contributed by atoms with Crippen LogP contribution in [-0.4, -0.2) is 11.5 Å². The standard InChI is InChI=1S/C14H14ClNO3/c1-10-6-7-19-14(10)8-11(9-16(17)18)12-4-2-3-5-13(12)15/h2-7,11H,8-9H2,1H3/t11-/m0/s1. The summed E-state index contributed by atoms with van der Waals surface area (Å²) in [4.78, 5) is 10.5. The number of rotatable bonds is 5. The Morgan fingerprint density at radius 2 is 2.11 bits per heavy atom. The molecule has 0 bridgehead atoms. The maximum absolute atomic E-state index is 10.8. The van der Waals surface area contributed by atoms with Crippen molar-refractivity contribution in [3.63, 3.8) is 0 Å². The van der Waals surface area contributed by atoms with Crippen LogP contribution < -0.4 is 0 Å². The van der Waals surface area contributed by atoms with E-state index in [0.717, 1.165) is 16.9 Å². The topological polar surface area (TPSA) is 56.3 Å². The number of halogens is 1. The Bertz CT molecular complexity index is 580. The molecule has 0 N–H and O–H groups in total. The molecule has 1 atom stereocenters. The number of nitro groups is 1. The molecule has 0 unspecified atom stereocenters. The van der Waals surface area contributed by atoms with Crippen LogP contribution >= 0.6 is 11.6 Å². The van der Waals surface area contributed by atoms with Gasteiger partial charge in [-0.05, 0) is 30.2 Å². The first-order valence-corrected chi connectivity index (χ1v) is 6.35. The number of hydrogen-bond donors (Lipinski definition) is 0. The van der Waals surface area contributed by atoms with Crippen LogP contribution in [0.2, 0.25) is 5.02 Å². The molecule has 1 aromatic carbocycles. The van der Waals surface area contributed by atoms with Crippen LogP contribution in [0.1, 0.15) is 22.8 Å². The van der Waals surface area contributed by atoms with E-state index in [2.05, 4.69) is 0 Å². The summed E-state index contributed by atoms with van der Waals surface area (Å²) in [5.74, 6) is 0.486. The molecule has 0 radical (unpaired) electrons. The van der Waals surface area contributed by atoms with Gasteiger partial charge in [0, 0.05) is 16.4 Å². The Kier molecular flexibility index (Phi) is 4.22. The highest BCUT2D eigenvalue weighted by molar-refractivity contribution is 6.31. The molecule has 100 valence electrons. The van der Waals surface area contributed by atoms with E-state index in [1.807, 2.05) is 31.2 Å². The molecular formula is C14H14ClNO3. The molecule has 19 heavy (non-hydrogen) atoms. The van der Waals surface area contributed by atoms with Gasteiger partial charge in [0.25, 0.3) is 0 Å². The largest absolute Gasteiger partial charge is 0.469 e. The van der Waals surface area contributed by atoms with Crippen LogP contribution in [-0.2, 0) is 6.42 Å². The summed E-state index contributed by atoms with van der Waals surface area (Å²) in [5, 5.41) is 11.4. The molecule has 0 amide bonds. The molecule has 0 fully saturated rings. The first kappa shape index (κ1) is 13.6. The molecular weight excluding hydrogens is 266 g/mol. The van der Waals surface area contributed by atoms with Crippen molar-refractivity contribution in [3.05, 3.63) is 68.6 Å². The van der Waals surface area contributed by atoms with Crippen molar-refractivity contribution in [2.45, 2.75) is 19.3 Å². The molecule has 0 aliphatic heterocycles. The minimum Gasteiger partial charge on any atom is -0.469 e. The summed E-state index contributed by atoms with van der Waals surface area (Å²) >= 11 is 6.13. The van der Waals surface area contributed by atoms with Gasteiger partial charge in [0.05, 0.1) is 12.2 Å². The molecule has 2 rings (SSSR count). The lowest BCUT2D eigenvalue weighted by molar-refractivity contribution is -0.483. The van der Waals surface area contributed by atoms with Crippen molar-refractivity contribution in [2.75, 3.05) is 6.54 Å². The van der Waals surface area contributed by atoms with Crippen molar-refractivity contribution in [3.8, 4) is 0 Å². The zero-order valence-electron chi connectivity index (χ0n) is 10.5. The highest BCUT2D eigenvalue weighted by Crippen LogP contribution is 2.28. The molecule has 1 aromatic heterocycles. The Balaban J connectivity index is 2.29. The highest BCUT2D eigenvalue weighted by atomic mass is 35.5. The summed E-state index contributed by atoms with van der Waals surface area (Å²) in [6.45, 7) is 1.76. The van der Waals surface area contributed by atoms with Crippen molar-refractivity contribution < 1.29 is 9.34 Å². The van der Waals surface area contributed by atoms with E-state index in [9.17, 15) is 10.1 Å². The summed E-state index contributed by atoms with van der Waals surface area (Å²) in [6, 6.07) is 9.08. The predicted octanol–water partition coefficient (Wildman–Crippen LogP) is 3.84. The van der Waals surface area contributed by atoms with Gasteiger partial charge in [-0.2, -0.15) is 0 Å². The smallest absolute Gasteiger partial charge is 0.211 e. The first-order chi connectivity index (χ1) is 9.08. The maximum Gasteiger partial charge on any atom is 0.211 e. The fraction of sp³-hybridized carbons (Fsp3) is 0.286. The summed E-state index contributed by atoms with van der Waals surface area (Å²) in [5.41, 5.74) is 1.79. The molecule has 0 aliphatic rings. The van der Waals surface area contributed by atoms with Gasteiger partial charge in [-0.25, -0.2) is 0 Å². The zero-order chi connectivity index (χ0) is 13.8. The van der Waals surface area contributed by atoms with Crippen LogP contribution in [0.4, 0.5) is 0 Å². The second kappa shape index (κ2) is 5.89. The number of nitrogens with zero attached hydrogens (tertiary/aromatic N) is 1. The summed E-state index contributed by atoms with van der Waals surface area (Å²) in [7, 11) is 0. The average Bonchev–Trinajstić information content (AvgIpc) is 2.74. The van der Waals surface area contributed by atoms with E-state index in [1.165, 1.54) is 0 Å². The molecule has 2 aromatic rings. The molecule has 0 aliphatic carbocycles. The fourth-order valence-corrected chi connectivity index (χ4v) is 2.39. The second-order valence-electron chi connectivity index (χ2n) is 4.46. The van der Waals surface area contributed by atoms with Gasteiger partial charge in [0.15, 0.2) is 0 Å². The Hall–Kier alpha value is -1.81. The number of furan rings is 1. The molecule has 0 saturated carbocycles. The predicted molar refractivity (Wildman–Crippen MR) is 73.2 cm³/mol. The van der Waals surface area contributed by atoms with Crippen LogP contribution in [0.25, 0.3) is 0 Å². The lowest BCUT2D eigenvalue weighted by atomic mass is 9.93. The highest BCUT2D eigenvalue weighted by Gasteiger charge is 2.22. The van der Waals surface area contributed by atoms with Crippen LogP contribution in [0.15, 0.2) is 41.0 Å². The van der Waals surface area contributed by atoms with Crippen LogP contribution in [0.5, 0.6) is 0 Å². The molecule has 5 heteroatoms. The fourth-order valence-electron chi connectivity index (χ4n) is 2.10. The Morgan fingerprint density at radius 3 is 2.68 bits per heavy atom. The molecule has 0 saturated heterocycles. The number of benzene rings is 1. The molecule has 4 nitrogen and oxygen atoms in total. The Labute approximate surface area is 116 Å². The van der Waals surface area contributed by atoms with Gasteiger partial charge in [-0.1, -0.05) is 29.8 Å². The first-order valence-electron chi connectivity index (χ1n) is 5.97. The lowest BCUT2D eigenvalue weighted by Crippen LogP contribution is -2.15. The van der Waals surface area contributed by atoms with Crippen molar-refractivity contribution >= 4 is 11.6 Å². The third-order valence-corrected chi connectivity index (χ3v) is 3.46. The minimum atomic E-state index is -0.313. The maximum atomic E-state index is 10.8. The van der Waals surface area contributed by atoms with E-state index < -0.39 is 0 Å². The van der Waals surface area contributed by atoms with Crippen LogP contribution in [0.3, 0.4) is 0 Å². The van der Waals surface area contributed by atoms with E-state index in [4.69, 9.17) is 16.0 Å². The monoisotopic (exact) mass is 279 g/mol. The molecule has 1 heterocycles. The Morgan fingerprint density at radius 1 is 1.37 bits per heavy atom. The van der Waals surface area contributed by atoms with Gasteiger partial charge in [0.1, 0.15) is 5.76 Å². The van der Waals surface area contributed by atoms with Gasteiger partial charge >= 0.3 is 0 Å². The number of aryl methyl sites for hydroxylation is 1. The van der Waals surface area contributed by atoms with Crippen molar-refractivity contribution in [1.82, 2.24) is 0 Å². The third-order valence-electron chi connectivity index (χ3n) is 3.11. The lowest BCUT2D eigenvalue weighted by Gasteiger charge is -2.14. The third kappa shape index (κ3) is 3.35. The normalized spacial score (nSPS) is 12.3. The van der Waals surface area contributed by atoms with Crippen LogP contribution in [0, 0.1) is 17.0 Å². The SMILES string of the molecule is Cc1ccoc1C[C@@H](C[N+](=O)[O-])c1ccccc1Cl. The van der Waals surface area contributed by atoms with Gasteiger partial charge in [-0.3, -0.25) is 10.1 Å². The van der Waals surface area contributed by atoms with Crippen molar-refractivity contribution in [1.29, 1.82) is 0 Å². The number of hydrogen-bond acceptors (Lipinski definition) is 3. The van der Waals surface area contributed by atoms with E-state index in [0.29, 0.717) is 11.4 Å². The van der Waals surface area contributed by atoms with Gasteiger partial charge in [0.2, 0.25) is 6.54 Å². The van der Waals surface area contributed by atoms with E-state index >= 15 is 0 Å². The quantitative estimate of drug-likeness (QED) is 0.617. The summed E-state index contributed by atoms with van der Waals surface area (Å²) in [6.07, 6.45) is 2.07. The second-order valence-corrected chi connectivity index (χ2v) is 4.87. The van der Waals surface area contributed by atoms with E-state index in [-0.39, 0.29) is 17.4 Å². The van der Waals surface area contributed by atoms with Crippen molar-refractivity contribution in [2.24, 2.45) is 0 Å². The van der Waals surface area contributed by atoms with Gasteiger partial charge in [-0.15, -0.1) is 0 Å². The average molecular weight is 280 g/mol. The van der Waals surface area contributed by atoms with E-state index in [1.54, 1.807) is 12.3 Å². The zero-order valence-corrected chi connectivity index (χ0v) is 11.3. The molecule has 0 spiro atoms. The minimum absolute atomic E-state index is 0.163. The summed E-state index contributed by atoms with van der Waals surface area (Å²) < 4.78 is 5.37. The van der Waals surface area contributed by atoms with Gasteiger partial charge < -0.3 is 4.42 Å².